The molecule has 1 saturated heterocycles. The third-order valence-electron chi connectivity index (χ3n) is 7.48. The van der Waals surface area contributed by atoms with Crippen LogP contribution in [0.25, 0.3) is 0 Å². The zero-order chi connectivity index (χ0) is 29.6. The van der Waals surface area contributed by atoms with Gasteiger partial charge in [-0.25, -0.2) is 4.98 Å². The highest BCUT2D eigenvalue weighted by Gasteiger charge is 2.31. The summed E-state index contributed by atoms with van der Waals surface area (Å²) in [6, 6.07) is 15.1. The van der Waals surface area contributed by atoms with Crippen molar-refractivity contribution in [1.29, 1.82) is 0 Å². The molecular formula is C32H40N4O5. The molecule has 2 N–H and O–H groups in total. The van der Waals surface area contributed by atoms with Crippen LogP contribution < -0.4 is 19.7 Å². The number of piperidine rings is 1. The third-order valence-corrected chi connectivity index (χ3v) is 7.48. The van der Waals surface area contributed by atoms with Crippen molar-refractivity contribution in [3.8, 4) is 11.5 Å². The average molecular weight is 561 g/mol. The first kappa shape index (κ1) is 29.8. The lowest BCUT2D eigenvalue weighted by molar-refractivity contribution is -0.142. The Kier molecular flexibility index (Phi) is 9.15. The lowest BCUT2D eigenvalue weighted by Crippen LogP contribution is -2.41. The van der Waals surface area contributed by atoms with Crippen LogP contribution >= 0.6 is 0 Å². The van der Waals surface area contributed by atoms with E-state index >= 15 is 0 Å². The zero-order valence-corrected chi connectivity index (χ0v) is 24.5. The van der Waals surface area contributed by atoms with Crippen LogP contribution in [0.3, 0.4) is 0 Å². The van der Waals surface area contributed by atoms with Gasteiger partial charge in [-0.15, -0.1) is 0 Å². The predicted molar refractivity (Wildman–Crippen MR) is 159 cm³/mol. The van der Waals surface area contributed by atoms with Crippen LogP contribution in [-0.2, 0) is 21.4 Å². The molecule has 9 heteroatoms. The Labute approximate surface area is 241 Å². The molecule has 0 saturated carbocycles. The maximum Gasteiger partial charge on any atom is 0.313 e. The number of para-hydroxylation sites is 2. The molecule has 0 aliphatic carbocycles. The molecule has 2 aromatic carbocycles. The molecule has 0 radical (unpaired) electrons. The summed E-state index contributed by atoms with van der Waals surface area (Å²) in [4.78, 5) is 36.0. The van der Waals surface area contributed by atoms with Crippen LogP contribution in [0.5, 0.6) is 11.5 Å². The Morgan fingerprint density at radius 2 is 1.76 bits per heavy atom. The van der Waals surface area contributed by atoms with Gasteiger partial charge in [-0.3, -0.25) is 14.6 Å². The molecule has 218 valence electrons. The van der Waals surface area contributed by atoms with Gasteiger partial charge in [-0.05, 0) is 63.3 Å². The van der Waals surface area contributed by atoms with Crippen molar-refractivity contribution >= 4 is 23.5 Å². The van der Waals surface area contributed by atoms with Gasteiger partial charge < -0.3 is 24.8 Å². The molecule has 1 aliphatic rings. The number of carboxylic acid groups (broad SMARTS) is 1. The standard InChI is InChI=1S/C32H40N4O5/c1-6-40-25-11-7-8-12-26(25)41-24-10-9-17-36(21-24)28-20-33-19-27(34-28)35-29(37)31(2,3)18-22-13-15-23(16-14-22)32(4,5)30(38)39/h7-8,11-16,19-20,24H,6,9-10,17-18,21H2,1-5H3,(H,38,39)(H,34,35,37)/t24-/m1/s1. The number of aliphatic carboxylic acids is 1. The van der Waals surface area contributed by atoms with Gasteiger partial charge >= 0.3 is 5.97 Å². The second-order valence-corrected chi connectivity index (χ2v) is 11.6. The lowest BCUT2D eigenvalue weighted by atomic mass is 9.81. The van der Waals surface area contributed by atoms with Crippen molar-refractivity contribution in [2.24, 2.45) is 5.41 Å². The van der Waals surface area contributed by atoms with Crippen LogP contribution in [0.15, 0.2) is 60.9 Å². The SMILES string of the molecule is CCOc1ccccc1O[C@@H]1CCCN(c2cncc(NC(=O)C(C)(C)Cc3ccc(C(C)(C)C(=O)O)cc3)n2)C1. The van der Waals surface area contributed by atoms with Gasteiger partial charge in [0, 0.05) is 12.0 Å². The average Bonchev–Trinajstić information content (AvgIpc) is 2.94. The highest BCUT2D eigenvalue weighted by Crippen LogP contribution is 2.31. The number of carbonyl (C=O) groups excluding carboxylic acids is 1. The Bertz CT molecular complexity index is 1360. The Morgan fingerprint density at radius 3 is 2.44 bits per heavy atom. The van der Waals surface area contributed by atoms with Crippen LogP contribution in [0.1, 0.15) is 58.6 Å². The summed E-state index contributed by atoms with van der Waals surface area (Å²) in [6.07, 6.45) is 5.57. The summed E-state index contributed by atoms with van der Waals surface area (Å²) >= 11 is 0. The molecule has 1 atom stereocenters. The van der Waals surface area contributed by atoms with Crippen molar-refractivity contribution in [2.45, 2.75) is 65.4 Å². The summed E-state index contributed by atoms with van der Waals surface area (Å²) in [7, 11) is 0. The van der Waals surface area contributed by atoms with E-state index in [1.165, 1.54) is 0 Å². The first-order chi connectivity index (χ1) is 19.5. The van der Waals surface area contributed by atoms with Gasteiger partial charge in [0.15, 0.2) is 17.3 Å². The van der Waals surface area contributed by atoms with E-state index in [-0.39, 0.29) is 12.0 Å². The number of nitrogens with zero attached hydrogens (tertiary/aromatic N) is 3. The number of anilines is 2. The van der Waals surface area contributed by atoms with E-state index in [1.54, 1.807) is 26.2 Å². The third kappa shape index (κ3) is 7.34. The number of nitrogens with one attached hydrogen (secondary N) is 1. The number of benzene rings is 2. The van der Waals surface area contributed by atoms with Gasteiger partial charge in [-0.1, -0.05) is 50.2 Å². The van der Waals surface area contributed by atoms with E-state index in [0.717, 1.165) is 36.4 Å². The van der Waals surface area contributed by atoms with Crippen molar-refractivity contribution in [3.63, 3.8) is 0 Å². The molecule has 2 heterocycles. The van der Waals surface area contributed by atoms with Crippen molar-refractivity contribution < 1.29 is 24.2 Å². The Morgan fingerprint density at radius 1 is 1.05 bits per heavy atom. The Balaban J connectivity index is 1.39. The zero-order valence-electron chi connectivity index (χ0n) is 24.5. The van der Waals surface area contributed by atoms with E-state index < -0.39 is 16.8 Å². The largest absolute Gasteiger partial charge is 0.490 e. The van der Waals surface area contributed by atoms with Gasteiger partial charge in [0.25, 0.3) is 0 Å². The first-order valence-electron chi connectivity index (χ1n) is 14.1. The smallest absolute Gasteiger partial charge is 0.313 e. The number of ether oxygens (including phenoxy) is 2. The quantitative estimate of drug-likeness (QED) is 0.316. The molecule has 1 amide bonds. The number of hydrogen-bond donors (Lipinski definition) is 2. The fraction of sp³-hybridized carbons (Fsp3) is 0.438. The molecule has 1 aromatic heterocycles. The molecule has 4 rings (SSSR count). The molecule has 41 heavy (non-hydrogen) atoms. The maximum absolute atomic E-state index is 13.3. The second-order valence-electron chi connectivity index (χ2n) is 11.6. The maximum atomic E-state index is 13.3. The fourth-order valence-corrected chi connectivity index (χ4v) is 4.85. The number of carbonyl (C=O) groups is 2. The Hall–Kier alpha value is -4.14. The molecular weight excluding hydrogens is 520 g/mol. The number of hydrogen-bond acceptors (Lipinski definition) is 7. The number of rotatable bonds is 11. The molecule has 1 fully saturated rings. The minimum absolute atomic E-state index is 0.0307. The van der Waals surface area contributed by atoms with E-state index in [2.05, 4.69) is 15.2 Å². The predicted octanol–water partition coefficient (Wildman–Crippen LogP) is 5.49. The second kappa shape index (κ2) is 12.6. The summed E-state index contributed by atoms with van der Waals surface area (Å²) in [5.41, 5.74) is -0.0598. The summed E-state index contributed by atoms with van der Waals surface area (Å²) < 4.78 is 12.0. The van der Waals surface area contributed by atoms with Crippen LogP contribution in [-0.4, -0.2) is 52.8 Å². The van der Waals surface area contributed by atoms with Crippen molar-refractivity contribution in [3.05, 3.63) is 72.1 Å². The van der Waals surface area contributed by atoms with Crippen LogP contribution in [0.2, 0.25) is 0 Å². The highest BCUT2D eigenvalue weighted by atomic mass is 16.5. The summed E-state index contributed by atoms with van der Waals surface area (Å²) in [5.74, 6) is 1.49. The van der Waals surface area contributed by atoms with Gasteiger partial charge in [0.1, 0.15) is 11.9 Å². The van der Waals surface area contributed by atoms with E-state index in [0.29, 0.717) is 36.8 Å². The van der Waals surface area contributed by atoms with Crippen molar-refractivity contribution in [1.82, 2.24) is 9.97 Å². The van der Waals surface area contributed by atoms with Gasteiger partial charge in [-0.2, -0.15) is 0 Å². The monoisotopic (exact) mass is 560 g/mol. The van der Waals surface area contributed by atoms with E-state index in [4.69, 9.17) is 14.5 Å². The van der Waals surface area contributed by atoms with E-state index in [1.807, 2.05) is 69.3 Å². The first-order valence-corrected chi connectivity index (χ1v) is 14.1. The van der Waals surface area contributed by atoms with Gasteiger partial charge in [0.05, 0.1) is 31.0 Å². The summed E-state index contributed by atoms with van der Waals surface area (Å²) in [6.45, 7) is 11.1. The molecule has 0 spiro atoms. The van der Waals surface area contributed by atoms with Crippen LogP contribution in [0, 0.1) is 5.41 Å². The van der Waals surface area contributed by atoms with Crippen LogP contribution in [0.4, 0.5) is 11.6 Å². The molecule has 9 nitrogen and oxygen atoms in total. The van der Waals surface area contributed by atoms with Crippen molar-refractivity contribution in [2.75, 3.05) is 29.9 Å². The normalized spacial score (nSPS) is 15.7. The topological polar surface area (TPSA) is 114 Å². The highest BCUT2D eigenvalue weighted by molar-refractivity contribution is 5.94. The van der Waals surface area contributed by atoms with Gasteiger partial charge in [0.2, 0.25) is 5.91 Å². The minimum atomic E-state index is -0.983. The fourth-order valence-electron chi connectivity index (χ4n) is 4.85. The molecule has 1 aliphatic heterocycles. The lowest BCUT2D eigenvalue weighted by Gasteiger charge is -2.34. The summed E-state index contributed by atoms with van der Waals surface area (Å²) in [5, 5.41) is 12.4. The molecule has 0 bridgehead atoms. The number of carboxylic acids is 1. The number of aromatic nitrogens is 2. The molecule has 0 unspecified atom stereocenters. The van der Waals surface area contributed by atoms with E-state index in [9.17, 15) is 14.7 Å². The molecule has 3 aromatic rings. The minimum Gasteiger partial charge on any atom is -0.490 e. The number of amides is 1.